The van der Waals surface area contributed by atoms with Crippen molar-refractivity contribution in [1.82, 2.24) is 0 Å². The van der Waals surface area contributed by atoms with Crippen molar-refractivity contribution >= 4 is 5.78 Å². The molecule has 0 aliphatic heterocycles. The number of benzene rings is 1. The zero-order chi connectivity index (χ0) is 15.1. The van der Waals surface area contributed by atoms with Crippen LogP contribution in [0.25, 0.3) is 0 Å². The first-order valence-electron chi connectivity index (χ1n) is 8.80. The van der Waals surface area contributed by atoms with Crippen LogP contribution in [0.4, 0.5) is 0 Å². The highest BCUT2D eigenvalue weighted by Gasteiger charge is 2.76. The van der Waals surface area contributed by atoms with Gasteiger partial charge in [-0.3, -0.25) is 4.79 Å². The van der Waals surface area contributed by atoms with E-state index in [2.05, 4.69) is 25.1 Å². The Morgan fingerprint density at radius 1 is 1.27 bits per heavy atom. The first-order valence-corrected chi connectivity index (χ1v) is 8.80. The highest BCUT2D eigenvalue weighted by Crippen LogP contribution is 2.80. The molecular formula is C20H24O2. The van der Waals surface area contributed by atoms with Gasteiger partial charge in [0.05, 0.1) is 7.11 Å². The van der Waals surface area contributed by atoms with Crippen molar-refractivity contribution < 1.29 is 9.53 Å². The van der Waals surface area contributed by atoms with Gasteiger partial charge in [0.1, 0.15) is 11.5 Å². The highest BCUT2D eigenvalue weighted by atomic mass is 16.5. The van der Waals surface area contributed by atoms with Crippen LogP contribution >= 0.6 is 0 Å². The van der Waals surface area contributed by atoms with Crippen LogP contribution in [-0.4, -0.2) is 12.9 Å². The van der Waals surface area contributed by atoms with Gasteiger partial charge in [0.25, 0.3) is 0 Å². The minimum absolute atomic E-state index is 0.00278. The van der Waals surface area contributed by atoms with Crippen LogP contribution in [0.5, 0.6) is 5.75 Å². The van der Waals surface area contributed by atoms with E-state index in [0.717, 1.165) is 30.9 Å². The van der Waals surface area contributed by atoms with Gasteiger partial charge >= 0.3 is 0 Å². The lowest BCUT2D eigenvalue weighted by Crippen LogP contribution is -2.46. The molecule has 0 heterocycles. The summed E-state index contributed by atoms with van der Waals surface area (Å²) >= 11 is 0. The monoisotopic (exact) mass is 296 g/mol. The molecule has 0 aromatic heterocycles. The molecule has 1 aromatic carbocycles. The molecule has 2 nitrogen and oxygen atoms in total. The Bertz CT molecular complexity index is 678. The largest absolute Gasteiger partial charge is 0.497 e. The van der Waals surface area contributed by atoms with E-state index >= 15 is 0 Å². The topological polar surface area (TPSA) is 26.3 Å². The Labute approximate surface area is 132 Å². The molecular weight excluding hydrogens is 272 g/mol. The smallest absolute Gasteiger partial charge is 0.139 e. The zero-order valence-electron chi connectivity index (χ0n) is 13.5. The third-order valence-electron chi connectivity index (χ3n) is 7.80. The molecule has 4 aliphatic rings. The molecule has 116 valence electrons. The average molecular weight is 296 g/mol. The lowest BCUT2D eigenvalue weighted by Gasteiger charge is -2.50. The lowest BCUT2D eigenvalue weighted by molar-refractivity contribution is -0.132. The first-order chi connectivity index (χ1) is 10.6. The van der Waals surface area contributed by atoms with E-state index in [1.165, 1.54) is 24.8 Å². The number of hydrogen-bond acceptors (Lipinski definition) is 2. The van der Waals surface area contributed by atoms with Gasteiger partial charge in [-0.15, -0.1) is 0 Å². The molecule has 3 fully saturated rings. The highest BCUT2D eigenvalue weighted by molar-refractivity contribution is 5.90. The maximum Gasteiger partial charge on any atom is 0.139 e. The molecule has 0 radical (unpaired) electrons. The van der Waals surface area contributed by atoms with Crippen molar-refractivity contribution in [2.75, 3.05) is 7.11 Å². The number of aryl methyl sites for hydroxylation is 1. The number of Topliss-reactive ketones (excluding diaryl/α,β-unsaturated/α-hetero) is 1. The number of carbonyl (C=O) groups is 1. The van der Waals surface area contributed by atoms with Crippen molar-refractivity contribution in [1.29, 1.82) is 0 Å². The molecule has 0 N–H and O–H groups in total. The van der Waals surface area contributed by atoms with E-state index < -0.39 is 0 Å². The van der Waals surface area contributed by atoms with Crippen LogP contribution in [0, 0.1) is 22.7 Å². The zero-order valence-corrected chi connectivity index (χ0v) is 13.5. The van der Waals surface area contributed by atoms with Gasteiger partial charge in [-0.2, -0.15) is 0 Å². The fraction of sp³-hybridized carbons (Fsp3) is 0.650. The number of fused-ring (bicyclic) bond motifs is 3. The van der Waals surface area contributed by atoms with Crippen molar-refractivity contribution in [3.8, 4) is 5.75 Å². The molecule has 1 spiro atoms. The summed E-state index contributed by atoms with van der Waals surface area (Å²) in [4.78, 5) is 12.6. The normalized spacial score (nSPS) is 44.6. The average Bonchev–Trinajstić information content (AvgIpc) is 3.19. The number of ketones is 1. The van der Waals surface area contributed by atoms with Crippen molar-refractivity contribution in [3.63, 3.8) is 0 Å². The molecule has 0 amide bonds. The first kappa shape index (κ1) is 13.2. The third kappa shape index (κ3) is 1.32. The van der Waals surface area contributed by atoms with Crippen LogP contribution in [0.2, 0.25) is 0 Å². The maximum atomic E-state index is 12.6. The summed E-state index contributed by atoms with van der Waals surface area (Å²) in [7, 11) is 1.75. The van der Waals surface area contributed by atoms with Crippen LogP contribution in [0.1, 0.15) is 56.1 Å². The Balaban J connectivity index is 1.58. The van der Waals surface area contributed by atoms with E-state index in [0.29, 0.717) is 23.0 Å². The van der Waals surface area contributed by atoms with Gasteiger partial charge in [-0.05, 0) is 78.5 Å². The van der Waals surface area contributed by atoms with Gasteiger partial charge in [0.15, 0.2) is 0 Å². The Kier molecular flexibility index (Phi) is 2.37. The number of ether oxygens (including phenoxy) is 1. The van der Waals surface area contributed by atoms with E-state index in [1.807, 2.05) is 0 Å². The Morgan fingerprint density at radius 3 is 2.95 bits per heavy atom. The summed E-state index contributed by atoms with van der Waals surface area (Å²) in [6.45, 7) is 2.29. The van der Waals surface area contributed by atoms with Gasteiger partial charge < -0.3 is 4.74 Å². The summed E-state index contributed by atoms with van der Waals surface area (Å²) in [5.41, 5.74) is 3.41. The van der Waals surface area contributed by atoms with Gasteiger partial charge in [-0.25, -0.2) is 0 Å². The van der Waals surface area contributed by atoms with Gasteiger partial charge in [0, 0.05) is 11.8 Å². The van der Waals surface area contributed by atoms with Crippen molar-refractivity contribution in [2.45, 2.75) is 51.4 Å². The van der Waals surface area contributed by atoms with E-state index in [4.69, 9.17) is 4.74 Å². The molecule has 4 aliphatic carbocycles. The van der Waals surface area contributed by atoms with Gasteiger partial charge in [0.2, 0.25) is 0 Å². The number of hydrogen-bond donors (Lipinski definition) is 0. The van der Waals surface area contributed by atoms with Crippen LogP contribution in [0.3, 0.4) is 0 Å². The number of carbonyl (C=O) groups excluding carboxylic acids is 1. The van der Waals surface area contributed by atoms with Crippen LogP contribution in [0.15, 0.2) is 18.2 Å². The fourth-order valence-electron chi connectivity index (χ4n) is 6.66. The molecule has 5 atom stereocenters. The predicted molar refractivity (Wildman–Crippen MR) is 85.1 cm³/mol. The quantitative estimate of drug-likeness (QED) is 0.779. The minimum atomic E-state index is 0.00278. The maximum absolute atomic E-state index is 12.6. The standard InChI is InChI=1S/C20H24O2/c1-19-8-7-16-15-5-4-14(22-2)9-12(15)3-6-17(16)20(19)11-13(20)10-18(19)21/h4-5,9,13,16-17H,3,6-8,10-11H2,1-2H3/t13-,16-,17-,19-,20+/m1/s1. The second-order valence-electron chi connectivity index (χ2n) is 8.26. The molecule has 1 aromatic rings. The van der Waals surface area contributed by atoms with Crippen LogP contribution in [-0.2, 0) is 11.2 Å². The molecule has 5 rings (SSSR count). The van der Waals surface area contributed by atoms with E-state index in [1.54, 1.807) is 12.7 Å². The molecule has 0 unspecified atom stereocenters. The lowest BCUT2D eigenvalue weighted by atomic mass is 9.52. The summed E-state index contributed by atoms with van der Waals surface area (Å²) in [6.07, 6.45) is 6.92. The Hall–Kier alpha value is -1.31. The summed E-state index contributed by atoms with van der Waals surface area (Å²) in [5, 5.41) is 0. The second kappa shape index (κ2) is 3.96. The predicted octanol–water partition coefficient (Wildman–Crippen LogP) is 4.12. The third-order valence-corrected chi connectivity index (χ3v) is 7.80. The van der Waals surface area contributed by atoms with Crippen molar-refractivity contribution in [3.05, 3.63) is 29.3 Å². The number of methoxy groups -OCH3 is 1. The fourth-order valence-corrected chi connectivity index (χ4v) is 6.66. The summed E-state index contributed by atoms with van der Waals surface area (Å²) in [5.74, 6) is 3.68. The minimum Gasteiger partial charge on any atom is -0.497 e. The van der Waals surface area contributed by atoms with Crippen LogP contribution < -0.4 is 4.74 Å². The Morgan fingerprint density at radius 2 is 2.14 bits per heavy atom. The molecule has 0 saturated heterocycles. The van der Waals surface area contributed by atoms with Crippen molar-refractivity contribution in [2.24, 2.45) is 22.7 Å². The second-order valence-corrected chi connectivity index (χ2v) is 8.26. The molecule has 3 saturated carbocycles. The number of rotatable bonds is 1. The molecule has 22 heavy (non-hydrogen) atoms. The molecule has 0 bridgehead atoms. The van der Waals surface area contributed by atoms with Gasteiger partial charge in [-0.1, -0.05) is 13.0 Å². The summed E-state index contributed by atoms with van der Waals surface area (Å²) < 4.78 is 5.40. The SMILES string of the molecule is COc1ccc2c(c1)CC[C@@H]1[C@@H]2CC[C@]2(C)C(=O)C[C@@H]3C[C@]312. The van der Waals surface area contributed by atoms with E-state index in [9.17, 15) is 4.79 Å². The summed E-state index contributed by atoms with van der Waals surface area (Å²) in [6, 6.07) is 6.66. The van der Waals surface area contributed by atoms with E-state index in [-0.39, 0.29) is 5.41 Å². The molecule has 2 heteroatoms.